The predicted molar refractivity (Wildman–Crippen MR) is 53.8 cm³/mol. The van der Waals surface area contributed by atoms with Gasteiger partial charge in [0.25, 0.3) is 0 Å². The van der Waals surface area contributed by atoms with Crippen LogP contribution in [0.1, 0.15) is 51.4 Å². The van der Waals surface area contributed by atoms with Crippen molar-refractivity contribution in [2.45, 2.75) is 51.4 Å². The van der Waals surface area contributed by atoms with Crippen LogP contribution in [-0.2, 0) is 0 Å². The van der Waals surface area contributed by atoms with E-state index in [4.69, 9.17) is 11.7 Å². The molecule has 70 valence electrons. The highest BCUT2D eigenvalue weighted by atomic mass is 14.4. The quantitative estimate of drug-likeness (QED) is 0.561. The van der Waals surface area contributed by atoms with Gasteiger partial charge in [0.1, 0.15) is 0 Å². The van der Waals surface area contributed by atoms with Crippen LogP contribution in [0.4, 0.5) is 0 Å². The topological polar surface area (TPSA) is 23.8 Å². The maximum atomic E-state index is 9.14. The summed E-state index contributed by atoms with van der Waals surface area (Å²) in [5.74, 6) is 2.65. The minimum absolute atomic E-state index is 0.185. The van der Waals surface area contributed by atoms with Crippen molar-refractivity contribution in [3.8, 4) is 18.4 Å². The number of hydrogen-bond donors (Lipinski definition) is 0. The molecule has 0 aromatic heterocycles. The third kappa shape index (κ3) is 2.78. The molecular weight excluding hydrogens is 158 g/mol. The van der Waals surface area contributed by atoms with Crippen molar-refractivity contribution in [2.24, 2.45) is 5.41 Å². The monoisotopic (exact) mass is 175 g/mol. The molecule has 0 saturated heterocycles. The largest absolute Gasteiger partial charge is 0.198 e. The predicted octanol–water partition coefficient (Wildman–Crippen LogP) is 3.26. The van der Waals surface area contributed by atoms with E-state index in [1.807, 2.05) is 0 Å². The summed E-state index contributed by atoms with van der Waals surface area (Å²) < 4.78 is 0. The van der Waals surface area contributed by atoms with Gasteiger partial charge in [0.15, 0.2) is 0 Å². The zero-order valence-corrected chi connectivity index (χ0v) is 8.18. The summed E-state index contributed by atoms with van der Waals surface area (Å²) in [5, 5.41) is 9.14. The summed E-state index contributed by atoms with van der Waals surface area (Å²) in [6, 6.07) is 2.44. The van der Waals surface area contributed by atoms with Gasteiger partial charge in [-0.25, -0.2) is 0 Å². The van der Waals surface area contributed by atoms with Gasteiger partial charge in [0.2, 0.25) is 0 Å². The summed E-state index contributed by atoms with van der Waals surface area (Å²) in [4.78, 5) is 0. The molecule has 0 atom stereocenters. The van der Waals surface area contributed by atoms with E-state index in [-0.39, 0.29) is 5.41 Å². The summed E-state index contributed by atoms with van der Waals surface area (Å²) in [7, 11) is 0. The van der Waals surface area contributed by atoms with Crippen LogP contribution >= 0.6 is 0 Å². The first-order chi connectivity index (χ1) is 6.33. The fourth-order valence-corrected chi connectivity index (χ4v) is 2.11. The van der Waals surface area contributed by atoms with Crippen molar-refractivity contribution in [3.63, 3.8) is 0 Å². The molecule has 0 aromatic carbocycles. The highest BCUT2D eigenvalue weighted by Crippen LogP contribution is 2.36. The average molecular weight is 175 g/mol. The molecule has 1 heteroatoms. The molecule has 0 heterocycles. The fraction of sp³-hybridized carbons (Fsp3) is 0.750. The van der Waals surface area contributed by atoms with E-state index < -0.39 is 0 Å². The lowest BCUT2D eigenvalue weighted by atomic mass is 9.75. The molecule has 0 unspecified atom stereocenters. The number of nitrogens with zero attached hydrogens (tertiary/aromatic N) is 1. The standard InChI is InChI=1S/C12H17N/c1-2-8-12(11-13)9-6-4-3-5-7-10-12/h1H,3-10H2. The van der Waals surface area contributed by atoms with Crippen LogP contribution in [0.5, 0.6) is 0 Å². The lowest BCUT2D eigenvalue weighted by Gasteiger charge is -2.26. The lowest BCUT2D eigenvalue weighted by molar-refractivity contribution is 0.296. The molecular formula is C12H17N. The summed E-state index contributed by atoms with van der Waals surface area (Å²) in [6.45, 7) is 0. The van der Waals surface area contributed by atoms with Crippen LogP contribution in [0.3, 0.4) is 0 Å². The van der Waals surface area contributed by atoms with Crippen molar-refractivity contribution in [1.29, 1.82) is 5.26 Å². The van der Waals surface area contributed by atoms with Gasteiger partial charge in [-0.1, -0.05) is 32.1 Å². The molecule has 0 aromatic rings. The van der Waals surface area contributed by atoms with Crippen LogP contribution in [0.25, 0.3) is 0 Å². The maximum Gasteiger partial charge on any atom is 0.0699 e. The van der Waals surface area contributed by atoms with Gasteiger partial charge < -0.3 is 0 Å². The highest BCUT2D eigenvalue weighted by Gasteiger charge is 2.28. The minimum atomic E-state index is -0.185. The SMILES string of the molecule is C#CCC1(C#N)CCCCCCC1. The Morgan fingerprint density at radius 3 is 2.08 bits per heavy atom. The van der Waals surface area contributed by atoms with Crippen molar-refractivity contribution >= 4 is 0 Å². The highest BCUT2D eigenvalue weighted by molar-refractivity contribution is 5.06. The Balaban J connectivity index is 2.60. The van der Waals surface area contributed by atoms with Crippen LogP contribution in [0, 0.1) is 29.1 Å². The van der Waals surface area contributed by atoms with Gasteiger partial charge in [-0.2, -0.15) is 5.26 Å². The Bertz CT molecular complexity index is 220. The molecule has 0 amide bonds. The third-order valence-electron chi connectivity index (χ3n) is 2.99. The van der Waals surface area contributed by atoms with Crippen LogP contribution in [-0.4, -0.2) is 0 Å². The van der Waals surface area contributed by atoms with Crippen molar-refractivity contribution in [1.82, 2.24) is 0 Å². The van der Waals surface area contributed by atoms with Crippen LogP contribution < -0.4 is 0 Å². The van der Waals surface area contributed by atoms with E-state index >= 15 is 0 Å². The smallest absolute Gasteiger partial charge is 0.0699 e. The first kappa shape index (κ1) is 10.1. The van der Waals surface area contributed by atoms with Crippen LogP contribution in [0.2, 0.25) is 0 Å². The maximum absolute atomic E-state index is 9.14. The molecule has 1 nitrogen and oxygen atoms in total. The van der Waals surface area contributed by atoms with Gasteiger partial charge >= 0.3 is 0 Å². The molecule has 0 N–H and O–H groups in total. The minimum Gasteiger partial charge on any atom is -0.198 e. The molecule has 13 heavy (non-hydrogen) atoms. The fourth-order valence-electron chi connectivity index (χ4n) is 2.11. The number of hydrogen-bond acceptors (Lipinski definition) is 1. The number of nitriles is 1. The second-order valence-electron chi connectivity index (χ2n) is 4.04. The molecule has 1 rings (SSSR count). The molecule has 1 saturated carbocycles. The molecule has 0 spiro atoms. The van der Waals surface area contributed by atoms with Gasteiger partial charge in [-0.15, -0.1) is 12.3 Å². The zero-order valence-electron chi connectivity index (χ0n) is 8.18. The van der Waals surface area contributed by atoms with E-state index in [1.165, 1.54) is 32.1 Å². The third-order valence-corrected chi connectivity index (χ3v) is 2.99. The molecule has 1 aliphatic carbocycles. The summed E-state index contributed by atoms with van der Waals surface area (Å²) in [5.41, 5.74) is -0.185. The molecule has 1 fully saturated rings. The van der Waals surface area contributed by atoms with Gasteiger partial charge in [0.05, 0.1) is 11.5 Å². The Labute approximate surface area is 81.1 Å². The Morgan fingerprint density at radius 2 is 1.62 bits per heavy atom. The van der Waals surface area contributed by atoms with Crippen molar-refractivity contribution in [2.75, 3.05) is 0 Å². The van der Waals surface area contributed by atoms with Gasteiger partial charge in [0, 0.05) is 6.42 Å². The Hall–Kier alpha value is -0.950. The van der Waals surface area contributed by atoms with Crippen molar-refractivity contribution < 1.29 is 0 Å². The second-order valence-corrected chi connectivity index (χ2v) is 4.04. The van der Waals surface area contributed by atoms with E-state index in [1.54, 1.807) is 0 Å². The average Bonchev–Trinajstić information content (AvgIpc) is 2.10. The second kappa shape index (κ2) is 4.93. The zero-order chi connectivity index (χ0) is 9.57. The van der Waals surface area contributed by atoms with Crippen LogP contribution in [0.15, 0.2) is 0 Å². The van der Waals surface area contributed by atoms with Crippen molar-refractivity contribution in [3.05, 3.63) is 0 Å². The Morgan fingerprint density at radius 1 is 1.08 bits per heavy atom. The molecule has 0 aliphatic heterocycles. The van der Waals surface area contributed by atoms with E-state index in [0.29, 0.717) is 6.42 Å². The van der Waals surface area contributed by atoms with Gasteiger partial charge in [-0.3, -0.25) is 0 Å². The van der Waals surface area contributed by atoms with E-state index in [2.05, 4.69) is 12.0 Å². The number of rotatable bonds is 1. The van der Waals surface area contributed by atoms with E-state index in [9.17, 15) is 0 Å². The number of terminal acetylenes is 1. The summed E-state index contributed by atoms with van der Waals surface area (Å²) in [6.07, 6.45) is 14.2. The first-order valence-electron chi connectivity index (χ1n) is 5.18. The molecule has 1 aliphatic rings. The van der Waals surface area contributed by atoms with Gasteiger partial charge in [-0.05, 0) is 12.8 Å². The Kier molecular flexibility index (Phi) is 3.84. The molecule has 0 bridgehead atoms. The lowest BCUT2D eigenvalue weighted by Crippen LogP contribution is -2.19. The van der Waals surface area contributed by atoms with E-state index in [0.717, 1.165) is 12.8 Å². The molecule has 0 radical (unpaired) electrons. The first-order valence-corrected chi connectivity index (χ1v) is 5.18. The normalized spacial score (nSPS) is 22.0. The summed E-state index contributed by atoms with van der Waals surface area (Å²) >= 11 is 0.